The van der Waals surface area contributed by atoms with Gasteiger partial charge in [0.2, 0.25) is 0 Å². The topological polar surface area (TPSA) is 21.3 Å². The van der Waals surface area contributed by atoms with Crippen LogP contribution in [0.2, 0.25) is 0 Å². The van der Waals surface area contributed by atoms with Crippen molar-refractivity contribution in [3.05, 3.63) is 35.2 Å². The fraction of sp³-hybridized carbons (Fsp3) is 0.429. The molecule has 0 aliphatic carbocycles. The highest BCUT2D eigenvalue weighted by molar-refractivity contribution is 7.17. The van der Waals surface area contributed by atoms with E-state index in [9.17, 15) is 0 Å². The molecule has 1 unspecified atom stereocenters. The van der Waals surface area contributed by atoms with Crippen molar-refractivity contribution in [2.75, 3.05) is 20.8 Å². The van der Waals surface area contributed by atoms with E-state index >= 15 is 0 Å². The molecular weight excluding hydrogens is 230 g/mol. The lowest BCUT2D eigenvalue weighted by molar-refractivity contribution is 0.189. The van der Waals surface area contributed by atoms with Crippen molar-refractivity contribution in [2.24, 2.45) is 0 Å². The van der Waals surface area contributed by atoms with Crippen molar-refractivity contribution in [1.29, 1.82) is 0 Å². The lowest BCUT2D eigenvalue weighted by atomic mass is 10.0. The Morgan fingerprint density at radius 1 is 1.35 bits per heavy atom. The third kappa shape index (κ3) is 2.86. The molecule has 2 aromatic rings. The van der Waals surface area contributed by atoms with Gasteiger partial charge < -0.3 is 10.1 Å². The van der Waals surface area contributed by atoms with Gasteiger partial charge in [0, 0.05) is 24.5 Å². The van der Waals surface area contributed by atoms with Gasteiger partial charge in [0.1, 0.15) is 0 Å². The quantitative estimate of drug-likeness (QED) is 0.790. The number of fused-ring (bicyclic) bond motifs is 1. The number of rotatable bonds is 6. The summed E-state index contributed by atoms with van der Waals surface area (Å²) in [6, 6.07) is 9.16. The smallest absolute Gasteiger partial charge is 0.0462 e. The summed E-state index contributed by atoms with van der Waals surface area (Å²) in [6.07, 6.45) is 2.20. The van der Waals surface area contributed by atoms with E-state index < -0.39 is 0 Å². The van der Waals surface area contributed by atoms with Crippen LogP contribution in [0.4, 0.5) is 0 Å². The second-order valence-electron chi connectivity index (χ2n) is 4.16. The van der Waals surface area contributed by atoms with E-state index in [1.54, 1.807) is 7.11 Å². The highest BCUT2D eigenvalue weighted by Gasteiger charge is 2.12. The maximum atomic E-state index is 5.12. The number of nitrogens with one attached hydrogen (secondary N) is 1. The minimum Gasteiger partial charge on any atom is -0.385 e. The summed E-state index contributed by atoms with van der Waals surface area (Å²) in [5.74, 6) is 0. The first-order valence-electron chi connectivity index (χ1n) is 5.99. The van der Waals surface area contributed by atoms with Gasteiger partial charge in [-0.15, -0.1) is 11.3 Å². The maximum Gasteiger partial charge on any atom is 0.0462 e. The average Bonchev–Trinajstić information content (AvgIpc) is 2.83. The summed E-state index contributed by atoms with van der Waals surface area (Å²) in [5, 5.41) is 6.92. The van der Waals surface area contributed by atoms with Gasteiger partial charge in [0.15, 0.2) is 0 Å². The largest absolute Gasteiger partial charge is 0.385 e. The summed E-state index contributed by atoms with van der Waals surface area (Å²) < 4.78 is 6.53. The van der Waals surface area contributed by atoms with Crippen LogP contribution in [-0.2, 0) is 4.74 Å². The average molecular weight is 249 g/mol. The predicted molar refractivity (Wildman–Crippen MR) is 74.7 cm³/mol. The first kappa shape index (κ1) is 12.6. The molecule has 0 saturated carbocycles. The molecule has 17 heavy (non-hydrogen) atoms. The fourth-order valence-corrected chi connectivity index (χ4v) is 3.15. The van der Waals surface area contributed by atoms with Gasteiger partial charge in [-0.3, -0.25) is 0 Å². The van der Waals surface area contributed by atoms with Crippen molar-refractivity contribution in [1.82, 2.24) is 5.32 Å². The van der Waals surface area contributed by atoms with Crippen LogP contribution < -0.4 is 5.32 Å². The molecule has 0 saturated heterocycles. The molecule has 1 heterocycles. The molecule has 2 rings (SSSR count). The second kappa shape index (κ2) is 6.15. The van der Waals surface area contributed by atoms with Crippen molar-refractivity contribution >= 4 is 21.4 Å². The molecule has 0 radical (unpaired) electrons. The molecule has 3 heteroatoms. The van der Waals surface area contributed by atoms with Crippen molar-refractivity contribution in [3.8, 4) is 0 Å². The Kier molecular flexibility index (Phi) is 4.54. The number of benzene rings is 1. The van der Waals surface area contributed by atoms with Gasteiger partial charge in [-0.05, 0) is 42.3 Å². The van der Waals surface area contributed by atoms with Crippen LogP contribution in [0.1, 0.15) is 24.4 Å². The molecule has 0 aliphatic rings. The Balaban J connectivity index is 2.20. The van der Waals surface area contributed by atoms with Crippen LogP contribution in [-0.4, -0.2) is 20.8 Å². The lowest BCUT2D eigenvalue weighted by Gasteiger charge is -2.17. The summed E-state index contributed by atoms with van der Waals surface area (Å²) in [5.41, 5.74) is 1.41. The van der Waals surface area contributed by atoms with E-state index in [-0.39, 0.29) is 0 Å². The minimum absolute atomic E-state index is 0.424. The minimum atomic E-state index is 0.424. The SMILES string of the molecule is CNC(CCCOC)c1cccc2ccsc12. The number of hydrogen-bond donors (Lipinski definition) is 1. The molecular formula is C14H19NOS. The summed E-state index contributed by atoms with van der Waals surface area (Å²) in [4.78, 5) is 0. The van der Waals surface area contributed by atoms with Crippen molar-refractivity contribution in [3.63, 3.8) is 0 Å². The number of ether oxygens (including phenoxy) is 1. The number of thiophene rings is 1. The zero-order valence-corrected chi connectivity index (χ0v) is 11.2. The molecule has 0 amide bonds. The molecule has 0 fully saturated rings. The third-order valence-electron chi connectivity index (χ3n) is 3.07. The van der Waals surface area contributed by atoms with E-state index in [1.807, 2.05) is 18.4 Å². The first-order valence-corrected chi connectivity index (χ1v) is 6.87. The van der Waals surface area contributed by atoms with E-state index in [4.69, 9.17) is 4.74 Å². The molecule has 2 nitrogen and oxygen atoms in total. The maximum absolute atomic E-state index is 5.12. The van der Waals surface area contributed by atoms with Crippen LogP contribution >= 0.6 is 11.3 Å². The monoisotopic (exact) mass is 249 g/mol. The first-order chi connectivity index (χ1) is 8.36. The molecule has 92 valence electrons. The summed E-state index contributed by atoms with van der Waals surface area (Å²) >= 11 is 1.83. The van der Waals surface area contributed by atoms with Crippen LogP contribution in [0.25, 0.3) is 10.1 Å². The standard InChI is InChI=1S/C14H19NOS/c1-15-13(7-4-9-16-2)12-6-3-5-11-8-10-17-14(11)12/h3,5-6,8,10,13,15H,4,7,9H2,1-2H3. The van der Waals surface area contributed by atoms with Crippen LogP contribution in [0.3, 0.4) is 0 Å². The van der Waals surface area contributed by atoms with Crippen molar-refractivity contribution < 1.29 is 4.74 Å². The lowest BCUT2D eigenvalue weighted by Crippen LogP contribution is -2.16. The second-order valence-corrected chi connectivity index (χ2v) is 5.08. The van der Waals surface area contributed by atoms with E-state index in [0.717, 1.165) is 19.4 Å². The summed E-state index contributed by atoms with van der Waals surface area (Å²) in [6.45, 7) is 0.832. The Morgan fingerprint density at radius 3 is 3.00 bits per heavy atom. The highest BCUT2D eigenvalue weighted by Crippen LogP contribution is 2.30. The molecule has 1 N–H and O–H groups in total. The molecule has 1 aromatic carbocycles. The van der Waals surface area contributed by atoms with E-state index in [1.165, 1.54) is 15.6 Å². The van der Waals surface area contributed by atoms with Crippen LogP contribution in [0.15, 0.2) is 29.6 Å². The van der Waals surface area contributed by atoms with Gasteiger partial charge in [0.05, 0.1) is 0 Å². The zero-order valence-electron chi connectivity index (χ0n) is 10.4. The Labute approximate surface area is 107 Å². The van der Waals surface area contributed by atoms with E-state index in [2.05, 4.69) is 35.0 Å². The summed E-state index contributed by atoms with van der Waals surface area (Å²) in [7, 11) is 3.79. The van der Waals surface area contributed by atoms with Gasteiger partial charge in [-0.2, -0.15) is 0 Å². The van der Waals surface area contributed by atoms with Crippen LogP contribution in [0, 0.1) is 0 Å². The van der Waals surface area contributed by atoms with Crippen molar-refractivity contribution in [2.45, 2.75) is 18.9 Å². The highest BCUT2D eigenvalue weighted by atomic mass is 32.1. The molecule has 1 aromatic heterocycles. The van der Waals surface area contributed by atoms with Gasteiger partial charge in [-0.25, -0.2) is 0 Å². The molecule has 0 bridgehead atoms. The fourth-order valence-electron chi connectivity index (χ4n) is 2.18. The number of hydrogen-bond acceptors (Lipinski definition) is 3. The Morgan fingerprint density at radius 2 is 2.24 bits per heavy atom. The Bertz CT molecular complexity index is 466. The normalized spacial score (nSPS) is 13.1. The molecule has 1 atom stereocenters. The van der Waals surface area contributed by atoms with Gasteiger partial charge in [-0.1, -0.05) is 18.2 Å². The van der Waals surface area contributed by atoms with Crippen LogP contribution in [0.5, 0.6) is 0 Å². The van der Waals surface area contributed by atoms with Gasteiger partial charge in [0.25, 0.3) is 0 Å². The molecule has 0 aliphatic heterocycles. The Hall–Kier alpha value is -0.900. The zero-order chi connectivity index (χ0) is 12.1. The number of methoxy groups -OCH3 is 1. The third-order valence-corrected chi connectivity index (χ3v) is 4.05. The van der Waals surface area contributed by atoms with Gasteiger partial charge >= 0.3 is 0 Å². The van der Waals surface area contributed by atoms with E-state index in [0.29, 0.717) is 6.04 Å². The predicted octanol–water partition coefficient (Wildman–Crippen LogP) is 3.59. The molecule has 0 spiro atoms.